The first kappa shape index (κ1) is 14.1. The Hall–Kier alpha value is -0.930. The second-order valence-corrected chi connectivity index (χ2v) is 4.68. The van der Waals surface area contributed by atoms with Gasteiger partial charge in [-0.05, 0) is 50.1 Å². The van der Waals surface area contributed by atoms with Gasteiger partial charge in [0, 0.05) is 19.1 Å². The van der Waals surface area contributed by atoms with Crippen LogP contribution in [0.3, 0.4) is 0 Å². The molecule has 1 rings (SSSR count). The first-order valence-corrected chi connectivity index (χ1v) is 6.29. The van der Waals surface area contributed by atoms with E-state index < -0.39 is 0 Å². The second-order valence-electron chi connectivity index (χ2n) is 4.68. The van der Waals surface area contributed by atoms with E-state index in [9.17, 15) is 4.39 Å². The van der Waals surface area contributed by atoms with Crippen LogP contribution in [0.4, 0.5) is 4.39 Å². The van der Waals surface area contributed by atoms with E-state index in [0.717, 1.165) is 30.6 Å². The smallest absolute Gasteiger partial charge is 0.123 e. The van der Waals surface area contributed by atoms with Crippen molar-refractivity contribution in [3.05, 3.63) is 35.1 Å². The number of nitrogens with zero attached hydrogens (tertiary/aromatic N) is 1. The molecule has 96 valence electrons. The van der Waals surface area contributed by atoms with Gasteiger partial charge in [0.05, 0.1) is 0 Å². The number of nitrogens with two attached hydrogens (primary N) is 1. The summed E-state index contributed by atoms with van der Waals surface area (Å²) < 4.78 is 13.1. The van der Waals surface area contributed by atoms with Crippen LogP contribution in [0.2, 0.25) is 0 Å². The quantitative estimate of drug-likeness (QED) is 0.825. The fourth-order valence-electron chi connectivity index (χ4n) is 1.96. The van der Waals surface area contributed by atoms with E-state index in [1.165, 1.54) is 6.07 Å². The zero-order chi connectivity index (χ0) is 12.8. The van der Waals surface area contributed by atoms with Gasteiger partial charge in [-0.25, -0.2) is 4.39 Å². The van der Waals surface area contributed by atoms with Gasteiger partial charge >= 0.3 is 0 Å². The monoisotopic (exact) mass is 238 g/mol. The molecule has 1 aromatic rings. The fourth-order valence-corrected chi connectivity index (χ4v) is 1.96. The summed E-state index contributed by atoms with van der Waals surface area (Å²) in [5.74, 6) is -0.208. The molecule has 0 aromatic heterocycles. The lowest BCUT2D eigenvalue weighted by Crippen LogP contribution is -2.31. The predicted molar refractivity (Wildman–Crippen MR) is 70.1 cm³/mol. The van der Waals surface area contributed by atoms with Crippen molar-refractivity contribution in [1.29, 1.82) is 0 Å². The summed E-state index contributed by atoms with van der Waals surface area (Å²) in [7, 11) is 0. The molecule has 2 N–H and O–H groups in total. The first-order valence-electron chi connectivity index (χ1n) is 6.29. The average Bonchev–Trinajstić information content (AvgIpc) is 2.30. The maximum absolute atomic E-state index is 13.1. The normalized spacial score (nSPS) is 11.5. The Kier molecular flexibility index (Phi) is 5.59. The molecule has 0 unspecified atom stereocenters. The molecule has 0 aliphatic heterocycles. The van der Waals surface area contributed by atoms with Crippen LogP contribution < -0.4 is 5.73 Å². The lowest BCUT2D eigenvalue weighted by Gasteiger charge is -2.27. The van der Waals surface area contributed by atoms with E-state index in [-0.39, 0.29) is 5.82 Å². The Balaban J connectivity index is 2.84. The molecule has 0 heterocycles. The van der Waals surface area contributed by atoms with Crippen LogP contribution >= 0.6 is 0 Å². The molecule has 0 fully saturated rings. The fraction of sp³-hybridized carbons (Fsp3) is 0.571. The highest BCUT2D eigenvalue weighted by molar-refractivity contribution is 5.27. The zero-order valence-electron chi connectivity index (χ0n) is 11.0. The minimum absolute atomic E-state index is 0.208. The molecule has 0 aliphatic rings. The molecule has 0 saturated heterocycles. The summed E-state index contributed by atoms with van der Waals surface area (Å²) in [5.41, 5.74) is 7.70. The van der Waals surface area contributed by atoms with Gasteiger partial charge in [-0.15, -0.1) is 0 Å². The van der Waals surface area contributed by atoms with Crippen molar-refractivity contribution in [2.75, 3.05) is 6.54 Å². The van der Waals surface area contributed by atoms with E-state index in [1.54, 1.807) is 6.07 Å². The SMILES string of the molecule is CCCN(Cc1ccc(F)cc1CN)C(C)C. The van der Waals surface area contributed by atoms with Gasteiger partial charge in [0.25, 0.3) is 0 Å². The van der Waals surface area contributed by atoms with Gasteiger partial charge in [-0.1, -0.05) is 13.0 Å². The maximum Gasteiger partial charge on any atom is 0.123 e. The topological polar surface area (TPSA) is 29.3 Å². The van der Waals surface area contributed by atoms with E-state index in [1.807, 2.05) is 6.07 Å². The van der Waals surface area contributed by atoms with Gasteiger partial charge in [0.2, 0.25) is 0 Å². The Bertz CT molecular complexity index is 350. The highest BCUT2D eigenvalue weighted by Gasteiger charge is 2.11. The number of benzene rings is 1. The molecule has 0 aliphatic carbocycles. The summed E-state index contributed by atoms with van der Waals surface area (Å²) in [6.45, 7) is 8.83. The average molecular weight is 238 g/mol. The highest BCUT2D eigenvalue weighted by atomic mass is 19.1. The Morgan fingerprint density at radius 3 is 2.53 bits per heavy atom. The molecular weight excluding hydrogens is 215 g/mol. The number of rotatable bonds is 6. The third-order valence-electron chi connectivity index (χ3n) is 3.00. The van der Waals surface area contributed by atoms with Gasteiger partial charge in [0.15, 0.2) is 0 Å². The Morgan fingerprint density at radius 1 is 1.29 bits per heavy atom. The standard InChI is InChI=1S/C14H23FN2/c1-4-7-17(11(2)3)10-12-5-6-14(15)8-13(12)9-16/h5-6,8,11H,4,7,9-10,16H2,1-3H3. The molecule has 17 heavy (non-hydrogen) atoms. The zero-order valence-corrected chi connectivity index (χ0v) is 11.0. The van der Waals surface area contributed by atoms with Crippen LogP contribution in [0.1, 0.15) is 38.3 Å². The van der Waals surface area contributed by atoms with E-state index in [0.29, 0.717) is 12.6 Å². The molecule has 0 radical (unpaired) electrons. The number of halogens is 1. The molecular formula is C14H23FN2. The summed E-state index contributed by atoms with van der Waals surface area (Å²) in [5, 5.41) is 0. The van der Waals surface area contributed by atoms with E-state index >= 15 is 0 Å². The van der Waals surface area contributed by atoms with Crippen LogP contribution in [-0.4, -0.2) is 17.5 Å². The Morgan fingerprint density at radius 2 is 2.00 bits per heavy atom. The third-order valence-corrected chi connectivity index (χ3v) is 3.00. The molecule has 2 nitrogen and oxygen atoms in total. The van der Waals surface area contributed by atoms with E-state index in [4.69, 9.17) is 5.73 Å². The van der Waals surface area contributed by atoms with Crippen molar-refractivity contribution in [3.63, 3.8) is 0 Å². The summed E-state index contributed by atoms with van der Waals surface area (Å²) in [6.07, 6.45) is 1.12. The van der Waals surface area contributed by atoms with Crippen molar-refractivity contribution in [2.24, 2.45) is 5.73 Å². The van der Waals surface area contributed by atoms with E-state index in [2.05, 4.69) is 25.7 Å². The Labute approximate surface area is 104 Å². The predicted octanol–water partition coefficient (Wildman–Crippen LogP) is 2.90. The molecule has 0 saturated carbocycles. The van der Waals surface area contributed by atoms with Crippen molar-refractivity contribution in [1.82, 2.24) is 4.90 Å². The van der Waals surface area contributed by atoms with Gasteiger partial charge < -0.3 is 5.73 Å². The summed E-state index contributed by atoms with van der Waals surface area (Å²) >= 11 is 0. The van der Waals surface area contributed by atoms with Crippen LogP contribution in [0, 0.1) is 5.82 Å². The van der Waals surface area contributed by atoms with Crippen molar-refractivity contribution in [2.45, 2.75) is 46.3 Å². The summed E-state index contributed by atoms with van der Waals surface area (Å²) in [6, 6.07) is 5.40. The van der Waals surface area contributed by atoms with Crippen molar-refractivity contribution in [3.8, 4) is 0 Å². The van der Waals surface area contributed by atoms with Crippen molar-refractivity contribution >= 4 is 0 Å². The first-order chi connectivity index (χ1) is 8.08. The molecule has 3 heteroatoms. The lowest BCUT2D eigenvalue weighted by atomic mass is 10.1. The molecule has 0 spiro atoms. The summed E-state index contributed by atoms with van der Waals surface area (Å²) in [4.78, 5) is 2.38. The molecule has 1 aromatic carbocycles. The molecule has 0 bridgehead atoms. The van der Waals surface area contributed by atoms with Crippen LogP contribution in [0.5, 0.6) is 0 Å². The largest absolute Gasteiger partial charge is 0.326 e. The van der Waals surface area contributed by atoms with Gasteiger partial charge in [-0.2, -0.15) is 0 Å². The number of hydrogen-bond acceptors (Lipinski definition) is 2. The van der Waals surface area contributed by atoms with Crippen molar-refractivity contribution < 1.29 is 4.39 Å². The van der Waals surface area contributed by atoms with Crippen LogP contribution in [0.25, 0.3) is 0 Å². The molecule has 0 amide bonds. The third kappa shape index (κ3) is 4.10. The maximum atomic E-state index is 13.1. The van der Waals surface area contributed by atoms with Gasteiger partial charge in [0.1, 0.15) is 5.82 Å². The van der Waals surface area contributed by atoms with Crippen LogP contribution in [-0.2, 0) is 13.1 Å². The van der Waals surface area contributed by atoms with Crippen LogP contribution in [0.15, 0.2) is 18.2 Å². The van der Waals surface area contributed by atoms with Gasteiger partial charge in [-0.3, -0.25) is 4.90 Å². The molecule has 0 atom stereocenters. The highest BCUT2D eigenvalue weighted by Crippen LogP contribution is 2.15. The lowest BCUT2D eigenvalue weighted by molar-refractivity contribution is 0.212. The minimum Gasteiger partial charge on any atom is -0.326 e. The minimum atomic E-state index is -0.208. The number of hydrogen-bond donors (Lipinski definition) is 1. The second kappa shape index (κ2) is 6.72.